The molecule has 110 valence electrons. The van der Waals surface area contributed by atoms with Gasteiger partial charge in [-0.15, -0.1) is 0 Å². The van der Waals surface area contributed by atoms with Crippen molar-refractivity contribution in [2.24, 2.45) is 11.7 Å². The van der Waals surface area contributed by atoms with Gasteiger partial charge in [0.15, 0.2) is 0 Å². The van der Waals surface area contributed by atoms with Gasteiger partial charge in [0.05, 0.1) is 16.1 Å². The zero-order chi connectivity index (χ0) is 14.8. The van der Waals surface area contributed by atoms with E-state index in [1.807, 2.05) is 12.1 Å². The van der Waals surface area contributed by atoms with Crippen LogP contribution < -0.4 is 11.1 Å². The zero-order valence-electron chi connectivity index (χ0n) is 11.6. The minimum Gasteiger partial charge on any atom is -0.345 e. The van der Waals surface area contributed by atoms with Crippen molar-refractivity contribution in [2.75, 3.05) is 6.54 Å². The van der Waals surface area contributed by atoms with Crippen molar-refractivity contribution < 1.29 is 4.79 Å². The fourth-order valence-electron chi connectivity index (χ4n) is 2.93. The lowest BCUT2D eigenvalue weighted by molar-refractivity contribution is 0.0813. The number of nitrogens with two attached hydrogens (primary N) is 1. The molecule has 3 nitrogen and oxygen atoms in total. The van der Waals surface area contributed by atoms with Gasteiger partial charge in [0.2, 0.25) is 0 Å². The first-order chi connectivity index (χ1) is 9.50. The zero-order valence-corrected chi connectivity index (χ0v) is 13.9. The highest BCUT2D eigenvalue weighted by molar-refractivity contribution is 9.10. The molecule has 1 amide bonds. The second-order valence-electron chi connectivity index (χ2n) is 5.56. The Morgan fingerprint density at radius 2 is 2.30 bits per heavy atom. The Bertz CT molecular complexity index is 509. The highest BCUT2D eigenvalue weighted by Crippen LogP contribution is 2.34. The van der Waals surface area contributed by atoms with E-state index in [9.17, 15) is 4.79 Å². The van der Waals surface area contributed by atoms with Gasteiger partial charge in [0, 0.05) is 11.0 Å². The Morgan fingerprint density at radius 3 is 2.95 bits per heavy atom. The number of carbonyl (C=O) groups is 1. The number of nitrogens with one attached hydrogen (secondary N) is 1. The molecule has 2 atom stereocenters. The fraction of sp³-hybridized carbons (Fsp3) is 0.533. The van der Waals surface area contributed by atoms with Gasteiger partial charge < -0.3 is 11.1 Å². The van der Waals surface area contributed by atoms with E-state index in [0.717, 1.165) is 23.7 Å². The Labute approximate surface area is 133 Å². The van der Waals surface area contributed by atoms with E-state index in [1.165, 1.54) is 6.42 Å². The van der Waals surface area contributed by atoms with Crippen molar-refractivity contribution in [3.8, 4) is 0 Å². The molecule has 5 heteroatoms. The number of carbonyl (C=O) groups excluding carboxylic acids is 1. The molecule has 0 aliphatic heterocycles. The largest absolute Gasteiger partial charge is 0.345 e. The van der Waals surface area contributed by atoms with Crippen molar-refractivity contribution in [3.05, 3.63) is 33.3 Å². The van der Waals surface area contributed by atoms with E-state index in [0.29, 0.717) is 23.0 Å². The van der Waals surface area contributed by atoms with Crippen LogP contribution in [0.3, 0.4) is 0 Å². The first-order valence-electron chi connectivity index (χ1n) is 6.97. The first-order valence-corrected chi connectivity index (χ1v) is 8.14. The Morgan fingerprint density at radius 1 is 1.55 bits per heavy atom. The average molecular weight is 360 g/mol. The van der Waals surface area contributed by atoms with E-state index in [1.54, 1.807) is 6.07 Å². The smallest absolute Gasteiger partial charge is 0.253 e. The second kappa shape index (κ2) is 6.46. The van der Waals surface area contributed by atoms with Crippen molar-refractivity contribution in [2.45, 2.75) is 38.1 Å². The quantitative estimate of drug-likeness (QED) is 0.864. The number of halogens is 2. The van der Waals surface area contributed by atoms with Crippen LogP contribution in [0.15, 0.2) is 22.7 Å². The van der Waals surface area contributed by atoms with Gasteiger partial charge in [-0.3, -0.25) is 4.79 Å². The molecule has 20 heavy (non-hydrogen) atoms. The summed E-state index contributed by atoms with van der Waals surface area (Å²) in [5.74, 6) is 0.242. The predicted octanol–water partition coefficient (Wildman–Crippen LogP) is 3.74. The summed E-state index contributed by atoms with van der Waals surface area (Å²) in [6.45, 7) is 2.63. The summed E-state index contributed by atoms with van der Waals surface area (Å²) < 4.78 is 0.727. The summed E-state index contributed by atoms with van der Waals surface area (Å²) in [6, 6.07) is 5.37. The van der Waals surface area contributed by atoms with Crippen LogP contribution in [0.2, 0.25) is 5.02 Å². The van der Waals surface area contributed by atoms with Gasteiger partial charge in [-0.2, -0.15) is 0 Å². The van der Waals surface area contributed by atoms with E-state index >= 15 is 0 Å². The van der Waals surface area contributed by atoms with Crippen LogP contribution in [0.5, 0.6) is 0 Å². The summed E-state index contributed by atoms with van der Waals surface area (Å²) in [4.78, 5) is 12.5. The third-order valence-corrected chi connectivity index (χ3v) is 5.67. The minimum absolute atomic E-state index is 0.143. The Hall–Kier alpha value is -0.580. The molecule has 0 radical (unpaired) electrons. The van der Waals surface area contributed by atoms with E-state index in [4.69, 9.17) is 17.3 Å². The normalized spacial score (nSPS) is 26.3. The summed E-state index contributed by atoms with van der Waals surface area (Å²) in [5, 5.41) is 3.59. The van der Waals surface area contributed by atoms with Crippen LogP contribution in [0.25, 0.3) is 0 Å². The Balaban J connectivity index is 2.23. The molecule has 0 aromatic heterocycles. The number of benzene rings is 1. The van der Waals surface area contributed by atoms with Gasteiger partial charge in [0.1, 0.15) is 0 Å². The third kappa shape index (κ3) is 3.02. The predicted molar refractivity (Wildman–Crippen MR) is 86.0 cm³/mol. The molecule has 1 aromatic carbocycles. The monoisotopic (exact) mass is 358 g/mol. The molecule has 0 bridgehead atoms. The first kappa shape index (κ1) is 15.8. The maximum absolute atomic E-state index is 12.5. The molecule has 1 aromatic rings. The molecule has 2 rings (SSSR count). The number of hydrogen-bond donors (Lipinski definition) is 2. The van der Waals surface area contributed by atoms with Crippen molar-refractivity contribution in [3.63, 3.8) is 0 Å². The minimum atomic E-state index is -0.305. The van der Waals surface area contributed by atoms with Gasteiger partial charge in [-0.25, -0.2) is 0 Å². The summed E-state index contributed by atoms with van der Waals surface area (Å²) in [7, 11) is 0. The van der Waals surface area contributed by atoms with Gasteiger partial charge in [-0.05, 0) is 46.8 Å². The fourth-order valence-corrected chi connectivity index (χ4v) is 3.50. The summed E-state index contributed by atoms with van der Waals surface area (Å²) in [6.07, 6.45) is 4.34. The molecular formula is C15H20BrClN2O. The molecule has 2 unspecified atom stereocenters. The highest BCUT2D eigenvalue weighted by Gasteiger charge is 2.38. The van der Waals surface area contributed by atoms with E-state index in [-0.39, 0.29) is 11.4 Å². The SMILES string of the molecule is CC1CCCCC1(CN)NC(=O)c1cccc(Br)c1Cl. The topological polar surface area (TPSA) is 55.1 Å². The van der Waals surface area contributed by atoms with Crippen molar-refractivity contribution >= 4 is 33.4 Å². The molecular weight excluding hydrogens is 340 g/mol. The lowest BCUT2D eigenvalue weighted by Crippen LogP contribution is -2.59. The second-order valence-corrected chi connectivity index (χ2v) is 6.79. The van der Waals surface area contributed by atoms with Crippen LogP contribution in [0, 0.1) is 5.92 Å². The van der Waals surface area contributed by atoms with Gasteiger partial charge in [0.25, 0.3) is 5.91 Å². The molecule has 0 spiro atoms. The standard InChI is InChI=1S/C15H20BrClN2O/c1-10-5-2-3-8-15(10,9-18)19-14(20)11-6-4-7-12(16)13(11)17/h4,6-7,10H,2-3,5,8-9,18H2,1H3,(H,19,20). The maximum atomic E-state index is 12.5. The van der Waals surface area contributed by atoms with Gasteiger partial charge >= 0.3 is 0 Å². The molecule has 1 fully saturated rings. The molecule has 1 aliphatic rings. The number of rotatable bonds is 3. The summed E-state index contributed by atoms with van der Waals surface area (Å²) in [5.41, 5.74) is 6.15. The molecule has 1 saturated carbocycles. The highest BCUT2D eigenvalue weighted by atomic mass is 79.9. The Kier molecular flexibility index (Phi) is 5.10. The van der Waals surface area contributed by atoms with E-state index in [2.05, 4.69) is 28.2 Å². The van der Waals surface area contributed by atoms with Crippen LogP contribution in [0.4, 0.5) is 0 Å². The van der Waals surface area contributed by atoms with Crippen LogP contribution in [0.1, 0.15) is 43.0 Å². The van der Waals surface area contributed by atoms with Gasteiger partial charge in [-0.1, -0.05) is 37.4 Å². The summed E-state index contributed by atoms with van der Waals surface area (Å²) >= 11 is 9.54. The number of amides is 1. The van der Waals surface area contributed by atoms with Crippen LogP contribution >= 0.6 is 27.5 Å². The molecule has 0 saturated heterocycles. The number of hydrogen-bond acceptors (Lipinski definition) is 2. The molecule has 0 heterocycles. The van der Waals surface area contributed by atoms with Crippen LogP contribution in [-0.4, -0.2) is 18.0 Å². The lowest BCUT2D eigenvalue weighted by atomic mass is 9.73. The maximum Gasteiger partial charge on any atom is 0.253 e. The van der Waals surface area contributed by atoms with Crippen molar-refractivity contribution in [1.29, 1.82) is 0 Å². The third-order valence-electron chi connectivity index (χ3n) is 4.38. The average Bonchev–Trinajstić information content (AvgIpc) is 2.44. The van der Waals surface area contributed by atoms with E-state index < -0.39 is 0 Å². The molecule has 1 aliphatic carbocycles. The lowest BCUT2D eigenvalue weighted by Gasteiger charge is -2.42. The van der Waals surface area contributed by atoms with Crippen molar-refractivity contribution in [1.82, 2.24) is 5.32 Å². The van der Waals surface area contributed by atoms with Crippen LogP contribution in [-0.2, 0) is 0 Å². The molecule has 3 N–H and O–H groups in total.